The lowest BCUT2D eigenvalue weighted by atomic mass is 10.1. The molecular formula is C21H22N2O3S2. The highest BCUT2D eigenvalue weighted by molar-refractivity contribution is 8.16. The predicted molar refractivity (Wildman–Crippen MR) is 115 cm³/mol. The third kappa shape index (κ3) is 4.15. The number of sulfone groups is 1. The number of amidine groups is 1. The Labute approximate surface area is 169 Å². The van der Waals surface area contributed by atoms with Crippen LogP contribution in [0.2, 0.25) is 0 Å². The Bertz CT molecular complexity index is 1000. The number of thioether (sulfide) groups is 1. The highest BCUT2D eigenvalue weighted by Gasteiger charge is 2.49. The van der Waals surface area contributed by atoms with Crippen LogP contribution in [0.3, 0.4) is 0 Å². The summed E-state index contributed by atoms with van der Waals surface area (Å²) in [6.07, 6.45) is 0.982. The van der Waals surface area contributed by atoms with Crippen molar-refractivity contribution in [3.05, 3.63) is 65.7 Å². The first-order chi connectivity index (χ1) is 13.4. The van der Waals surface area contributed by atoms with Crippen molar-refractivity contribution in [2.75, 3.05) is 16.4 Å². The van der Waals surface area contributed by atoms with Crippen molar-refractivity contribution >= 4 is 38.4 Å². The first kappa shape index (κ1) is 19.2. The van der Waals surface area contributed by atoms with Gasteiger partial charge in [0.1, 0.15) is 0 Å². The maximum absolute atomic E-state index is 12.5. The predicted octanol–water partition coefficient (Wildman–Crippen LogP) is 3.23. The quantitative estimate of drug-likeness (QED) is 0.768. The van der Waals surface area contributed by atoms with E-state index in [1.165, 1.54) is 11.8 Å². The summed E-state index contributed by atoms with van der Waals surface area (Å²) in [6.45, 7) is 2.01. The van der Waals surface area contributed by atoms with Crippen LogP contribution in [0.1, 0.15) is 17.5 Å². The SMILES string of the molecule is Cc1ccc(N2C(=NC(=O)CCc3ccccc3)SC3CS(=O)(=O)CC32)cc1. The Balaban J connectivity index is 1.56. The van der Waals surface area contributed by atoms with Crippen molar-refractivity contribution in [1.29, 1.82) is 0 Å². The lowest BCUT2D eigenvalue weighted by molar-refractivity contribution is -0.117. The third-order valence-corrected chi connectivity index (χ3v) is 8.28. The molecule has 7 heteroatoms. The molecule has 2 heterocycles. The fraction of sp³-hybridized carbons (Fsp3) is 0.333. The Hall–Kier alpha value is -2.12. The summed E-state index contributed by atoms with van der Waals surface area (Å²) < 4.78 is 24.2. The van der Waals surface area contributed by atoms with E-state index >= 15 is 0 Å². The number of rotatable bonds is 4. The molecule has 0 spiro atoms. The van der Waals surface area contributed by atoms with Crippen molar-refractivity contribution in [1.82, 2.24) is 0 Å². The Kier molecular flexibility index (Phi) is 5.29. The Morgan fingerprint density at radius 3 is 2.54 bits per heavy atom. The van der Waals surface area contributed by atoms with Crippen molar-refractivity contribution in [3.63, 3.8) is 0 Å². The molecule has 2 atom stereocenters. The number of fused-ring (bicyclic) bond motifs is 1. The molecule has 2 fully saturated rings. The van der Waals surface area contributed by atoms with E-state index in [1.807, 2.05) is 66.4 Å². The van der Waals surface area contributed by atoms with Crippen molar-refractivity contribution in [2.45, 2.75) is 31.1 Å². The molecule has 2 aliphatic heterocycles. The topological polar surface area (TPSA) is 66.8 Å². The summed E-state index contributed by atoms with van der Waals surface area (Å²) in [6, 6.07) is 17.6. The number of amides is 1. The molecule has 4 rings (SSSR count). The van der Waals surface area contributed by atoms with Crippen LogP contribution in [0.4, 0.5) is 5.69 Å². The molecule has 0 N–H and O–H groups in total. The van der Waals surface area contributed by atoms with Gasteiger partial charge in [0.2, 0.25) is 5.91 Å². The van der Waals surface area contributed by atoms with Crippen LogP contribution >= 0.6 is 11.8 Å². The van der Waals surface area contributed by atoms with Gasteiger partial charge in [0.25, 0.3) is 0 Å². The van der Waals surface area contributed by atoms with Gasteiger partial charge in [0.05, 0.1) is 17.5 Å². The normalized spacial score (nSPS) is 24.5. The largest absolute Gasteiger partial charge is 0.316 e. The number of anilines is 1. The fourth-order valence-electron chi connectivity index (χ4n) is 3.63. The van der Waals surface area contributed by atoms with Gasteiger partial charge in [-0.3, -0.25) is 4.79 Å². The van der Waals surface area contributed by atoms with Crippen molar-refractivity contribution in [2.24, 2.45) is 4.99 Å². The van der Waals surface area contributed by atoms with Crippen LogP contribution in [0.15, 0.2) is 59.6 Å². The van der Waals surface area contributed by atoms with Crippen LogP contribution in [-0.2, 0) is 21.1 Å². The molecular weight excluding hydrogens is 392 g/mol. The second-order valence-electron chi connectivity index (χ2n) is 7.28. The third-order valence-electron chi connectivity index (χ3n) is 5.07. The molecule has 0 aromatic heterocycles. The lowest BCUT2D eigenvalue weighted by Gasteiger charge is -2.24. The van der Waals surface area contributed by atoms with Crippen LogP contribution in [0.25, 0.3) is 0 Å². The van der Waals surface area contributed by atoms with E-state index in [1.54, 1.807) is 0 Å². The van der Waals surface area contributed by atoms with Gasteiger partial charge in [-0.15, -0.1) is 0 Å². The van der Waals surface area contributed by atoms with E-state index in [2.05, 4.69) is 4.99 Å². The highest BCUT2D eigenvalue weighted by atomic mass is 32.2. The molecule has 2 aromatic carbocycles. The number of aryl methyl sites for hydroxylation is 2. The van der Waals surface area contributed by atoms with E-state index in [0.717, 1.165) is 16.8 Å². The van der Waals surface area contributed by atoms with Gasteiger partial charge in [-0.25, -0.2) is 8.42 Å². The minimum atomic E-state index is -3.06. The van der Waals surface area contributed by atoms with E-state index in [4.69, 9.17) is 0 Å². The number of nitrogens with zero attached hydrogens (tertiary/aromatic N) is 2. The monoisotopic (exact) mass is 414 g/mol. The van der Waals surface area contributed by atoms with E-state index in [9.17, 15) is 13.2 Å². The molecule has 2 aromatic rings. The maximum atomic E-state index is 12.5. The molecule has 146 valence electrons. The summed E-state index contributed by atoms with van der Waals surface area (Å²) in [7, 11) is -3.06. The van der Waals surface area contributed by atoms with Gasteiger partial charge < -0.3 is 4.90 Å². The fourth-order valence-corrected chi connectivity index (χ4v) is 7.56. The summed E-state index contributed by atoms with van der Waals surface area (Å²) in [5, 5.41) is 0.541. The maximum Gasteiger partial charge on any atom is 0.248 e. The number of hydrogen-bond donors (Lipinski definition) is 0. The minimum Gasteiger partial charge on any atom is -0.316 e. The number of hydrogen-bond acceptors (Lipinski definition) is 4. The van der Waals surface area contributed by atoms with E-state index < -0.39 is 9.84 Å². The second-order valence-corrected chi connectivity index (χ2v) is 10.6. The first-order valence-electron chi connectivity index (χ1n) is 9.30. The first-order valence-corrected chi connectivity index (χ1v) is 12.0. The lowest BCUT2D eigenvalue weighted by Crippen LogP contribution is -2.37. The van der Waals surface area contributed by atoms with Crippen LogP contribution in [0, 0.1) is 6.92 Å². The average molecular weight is 415 g/mol. The minimum absolute atomic E-state index is 0.0769. The Morgan fingerprint density at radius 2 is 1.82 bits per heavy atom. The molecule has 2 saturated heterocycles. The number of carbonyl (C=O) groups is 1. The number of carbonyl (C=O) groups excluding carboxylic acids is 1. The van der Waals surface area contributed by atoms with Gasteiger partial charge in [0.15, 0.2) is 15.0 Å². The van der Waals surface area contributed by atoms with Crippen LogP contribution in [0.5, 0.6) is 0 Å². The molecule has 2 unspecified atom stereocenters. The van der Waals surface area contributed by atoms with Gasteiger partial charge in [0, 0.05) is 17.4 Å². The summed E-state index contributed by atoms with van der Waals surface area (Å²) in [4.78, 5) is 18.8. The van der Waals surface area contributed by atoms with Crippen molar-refractivity contribution in [3.8, 4) is 0 Å². The smallest absolute Gasteiger partial charge is 0.248 e. The van der Waals surface area contributed by atoms with Crippen LogP contribution < -0.4 is 4.90 Å². The zero-order valence-electron chi connectivity index (χ0n) is 15.6. The van der Waals surface area contributed by atoms with Gasteiger partial charge in [-0.2, -0.15) is 4.99 Å². The van der Waals surface area contributed by atoms with Gasteiger partial charge in [-0.05, 0) is 31.0 Å². The van der Waals surface area contributed by atoms with E-state index in [-0.39, 0.29) is 28.7 Å². The van der Waals surface area contributed by atoms with Crippen molar-refractivity contribution < 1.29 is 13.2 Å². The second kappa shape index (κ2) is 7.72. The highest BCUT2D eigenvalue weighted by Crippen LogP contribution is 2.41. The summed E-state index contributed by atoms with van der Waals surface area (Å²) in [5.41, 5.74) is 3.12. The molecule has 0 bridgehead atoms. The molecule has 28 heavy (non-hydrogen) atoms. The van der Waals surface area contributed by atoms with Crippen LogP contribution in [-0.4, -0.2) is 42.3 Å². The summed E-state index contributed by atoms with van der Waals surface area (Å²) >= 11 is 1.42. The Morgan fingerprint density at radius 1 is 1.11 bits per heavy atom. The standard InChI is InChI=1S/C21H22N2O3S2/c1-15-7-10-17(11-8-15)23-18-13-28(25,26)14-19(18)27-21(23)22-20(24)12-9-16-5-3-2-4-6-16/h2-8,10-11,18-19H,9,12-14H2,1H3. The van der Waals surface area contributed by atoms with Gasteiger partial charge >= 0.3 is 0 Å². The summed E-state index contributed by atoms with van der Waals surface area (Å²) in [5.74, 6) is 0.0730. The average Bonchev–Trinajstić information content (AvgIpc) is 3.12. The zero-order valence-corrected chi connectivity index (χ0v) is 17.2. The zero-order chi connectivity index (χ0) is 19.7. The molecule has 0 radical (unpaired) electrons. The molecule has 0 saturated carbocycles. The van der Waals surface area contributed by atoms with E-state index in [0.29, 0.717) is 18.0 Å². The number of benzene rings is 2. The molecule has 1 amide bonds. The molecule has 0 aliphatic carbocycles. The van der Waals surface area contributed by atoms with Gasteiger partial charge in [-0.1, -0.05) is 59.8 Å². The molecule has 2 aliphatic rings. The molecule has 5 nitrogen and oxygen atoms in total. The number of aliphatic imine (C=N–C) groups is 1.